The minimum absolute atomic E-state index is 0.215. The Morgan fingerprint density at radius 2 is 1.85 bits per heavy atom. The topological polar surface area (TPSA) is 46.9 Å². The van der Waals surface area contributed by atoms with E-state index in [1.165, 1.54) is 0 Å². The molecule has 0 aliphatic heterocycles. The van der Waals surface area contributed by atoms with Gasteiger partial charge >= 0.3 is 0 Å². The van der Waals surface area contributed by atoms with Crippen LogP contribution < -0.4 is 5.32 Å². The van der Waals surface area contributed by atoms with Gasteiger partial charge in [0, 0.05) is 40.6 Å². The van der Waals surface area contributed by atoms with Crippen molar-refractivity contribution >= 4 is 50.0 Å². The quantitative estimate of drug-likeness (QED) is 0.439. The highest BCUT2D eigenvalue weighted by Crippen LogP contribution is 2.28. The SMILES string of the molecule is O=C(Nc1cc2ncc(Cn3cccc3)cc2cc1Cl)c1ccc(Br)cc1. The average molecular weight is 441 g/mol. The van der Waals surface area contributed by atoms with E-state index in [4.69, 9.17) is 11.6 Å². The van der Waals surface area contributed by atoms with Crippen molar-refractivity contribution in [3.8, 4) is 0 Å². The van der Waals surface area contributed by atoms with Crippen LogP contribution in [0.4, 0.5) is 5.69 Å². The number of hydrogen-bond acceptors (Lipinski definition) is 2. The van der Waals surface area contributed by atoms with Crippen molar-refractivity contribution in [2.75, 3.05) is 5.32 Å². The first-order valence-corrected chi connectivity index (χ1v) is 9.51. The zero-order chi connectivity index (χ0) is 18.8. The molecule has 0 saturated carbocycles. The molecule has 2 heterocycles. The lowest BCUT2D eigenvalue weighted by molar-refractivity contribution is 0.102. The number of benzene rings is 2. The molecule has 0 fully saturated rings. The number of carbonyl (C=O) groups is 1. The number of aromatic nitrogens is 2. The molecule has 4 aromatic rings. The van der Waals surface area contributed by atoms with Crippen molar-refractivity contribution in [1.82, 2.24) is 9.55 Å². The molecule has 134 valence electrons. The second-order valence-corrected chi connectivity index (χ2v) is 7.51. The number of anilines is 1. The molecular weight excluding hydrogens is 426 g/mol. The fraction of sp³-hybridized carbons (Fsp3) is 0.0476. The van der Waals surface area contributed by atoms with Crippen LogP contribution in [0.1, 0.15) is 15.9 Å². The van der Waals surface area contributed by atoms with Gasteiger partial charge in [-0.1, -0.05) is 27.5 Å². The third kappa shape index (κ3) is 4.04. The lowest BCUT2D eigenvalue weighted by Crippen LogP contribution is -2.12. The Morgan fingerprint density at radius 3 is 2.59 bits per heavy atom. The van der Waals surface area contributed by atoms with Crippen LogP contribution in [0.15, 0.2) is 77.7 Å². The predicted molar refractivity (Wildman–Crippen MR) is 112 cm³/mol. The highest BCUT2D eigenvalue weighted by molar-refractivity contribution is 9.10. The number of nitrogens with zero attached hydrogens (tertiary/aromatic N) is 2. The molecule has 0 spiro atoms. The molecule has 0 unspecified atom stereocenters. The van der Waals surface area contributed by atoms with E-state index >= 15 is 0 Å². The summed E-state index contributed by atoms with van der Waals surface area (Å²) in [5.74, 6) is -0.215. The maximum atomic E-state index is 12.4. The summed E-state index contributed by atoms with van der Waals surface area (Å²) in [6.07, 6.45) is 5.87. The first kappa shape index (κ1) is 17.8. The maximum absolute atomic E-state index is 12.4. The van der Waals surface area contributed by atoms with Crippen LogP contribution in [0.25, 0.3) is 10.9 Å². The summed E-state index contributed by atoms with van der Waals surface area (Å²) < 4.78 is 3.00. The van der Waals surface area contributed by atoms with Crippen LogP contribution >= 0.6 is 27.5 Å². The van der Waals surface area contributed by atoms with Crippen LogP contribution in [-0.2, 0) is 6.54 Å². The van der Waals surface area contributed by atoms with Crippen LogP contribution in [0.2, 0.25) is 5.02 Å². The Labute approximate surface area is 169 Å². The van der Waals surface area contributed by atoms with Crippen LogP contribution in [-0.4, -0.2) is 15.5 Å². The maximum Gasteiger partial charge on any atom is 0.255 e. The van der Waals surface area contributed by atoms with Crippen LogP contribution in [0.5, 0.6) is 0 Å². The van der Waals surface area contributed by atoms with Gasteiger partial charge in [0.15, 0.2) is 0 Å². The Balaban J connectivity index is 1.59. The summed E-state index contributed by atoms with van der Waals surface area (Å²) in [7, 11) is 0. The lowest BCUT2D eigenvalue weighted by Gasteiger charge is -2.10. The largest absolute Gasteiger partial charge is 0.350 e. The molecule has 1 amide bonds. The summed E-state index contributed by atoms with van der Waals surface area (Å²) in [4.78, 5) is 17.0. The second-order valence-electron chi connectivity index (χ2n) is 6.18. The Bertz CT molecular complexity index is 1110. The molecule has 0 aliphatic carbocycles. The first-order valence-electron chi connectivity index (χ1n) is 8.34. The fourth-order valence-electron chi connectivity index (χ4n) is 2.86. The molecule has 27 heavy (non-hydrogen) atoms. The number of hydrogen-bond donors (Lipinski definition) is 1. The Kier molecular flexibility index (Phi) is 4.97. The minimum atomic E-state index is -0.215. The van der Waals surface area contributed by atoms with E-state index in [-0.39, 0.29) is 5.91 Å². The Hall–Kier alpha value is -2.63. The normalized spacial score (nSPS) is 10.9. The molecule has 0 atom stereocenters. The van der Waals surface area contributed by atoms with E-state index < -0.39 is 0 Å². The predicted octanol–water partition coefficient (Wildman–Crippen LogP) is 5.75. The zero-order valence-corrected chi connectivity index (χ0v) is 16.5. The standard InChI is InChI=1S/C21H15BrClN3O/c22-17-5-3-15(4-6-17)21(27)25-20-11-19-16(10-18(20)23)9-14(12-24-19)13-26-7-1-2-8-26/h1-12H,13H2,(H,25,27). The fourth-order valence-corrected chi connectivity index (χ4v) is 3.34. The zero-order valence-electron chi connectivity index (χ0n) is 14.2. The van der Waals surface area contributed by atoms with E-state index in [2.05, 4.69) is 36.9 Å². The molecule has 0 radical (unpaired) electrons. The molecule has 0 aliphatic rings. The highest BCUT2D eigenvalue weighted by Gasteiger charge is 2.11. The lowest BCUT2D eigenvalue weighted by atomic mass is 10.1. The van der Waals surface area contributed by atoms with Gasteiger partial charge in [-0.05, 0) is 60.2 Å². The third-order valence-electron chi connectivity index (χ3n) is 4.21. The van der Waals surface area contributed by atoms with E-state index in [0.717, 1.165) is 27.5 Å². The minimum Gasteiger partial charge on any atom is -0.350 e. The third-order valence-corrected chi connectivity index (χ3v) is 5.05. The van der Waals surface area contributed by atoms with Gasteiger partial charge in [-0.15, -0.1) is 0 Å². The smallest absolute Gasteiger partial charge is 0.255 e. The van der Waals surface area contributed by atoms with Gasteiger partial charge < -0.3 is 9.88 Å². The van der Waals surface area contributed by atoms with Gasteiger partial charge in [-0.2, -0.15) is 0 Å². The highest BCUT2D eigenvalue weighted by atomic mass is 79.9. The van der Waals surface area contributed by atoms with E-state index in [1.54, 1.807) is 18.2 Å². The number of amides is 1. The Morgan fingerprint density at radius 1 is 1.11 bits per heavy atom. The molecule has 0 saturated heterocycles. The van der Waals surface area contributed by atoms with Crippen molar-refractivity contribution in [1.29, 1.82) is 0 Å². The summed E-state index contributed by atoms with van der Waals surface area (Å²) in [6.45, 7) is 0.746. The van der Waals surface area contributed by atoms with Gasteiger partial charge in [0.2, 0.25) is 0 Å². The summed E-state index contributed by atoms with van der Waals surface area (Å²) >= 11 is 9.76. The van der Waals surface area contributed by atoms with Crippen molar-refractivity contribution in [2.24, 2.45) is 0 Å². The summed E-state index contributed by atoms with van der Waals surface area (Å²) in [5.41, 5.74) is 2.97. The molecular formula is C21H15BrClN3O. The van der Waals surface area contributed by atoms with Gasteiger partial charge in [0.1, 0.15) is 0 Å². The van der Waals surface area contributed by atoms with Gasteiger partial charge in [-0.25, -0.2) is 0 Å². The first-order chi connectivity index (χ1) is 13.1. The van der Waals surface area contributed by atoms with E-state index in [0.29, 0.717) is 16.3 Å². The van der Waals surface area contributed by atoms with E-state index in [9.17, 15) is 4.79 Å². The molecule has 2 aromatic heterocycles. The number of rotatable bonds is 4. The molecule has 4 nitrogen and oxygen atoms in total. The summed E-state index contributed by atoms with van der Waals surface area (Å²) in [5, 5.41) is 4.27. The molecule has 4 rings (SSSR count). The van der Waals surface area contributed by atoms with Gasteiger partial charge in [0.25, 0.3) is 5.91 Å². The van der Waals surface area contributed by atoms with Crippen molar-refractivity contribution < 1.29 is 4.79 Å². The average Bonchev–Trinajstić information content (AvgIpc) is 3.16. The number of fused-ring (bicyclic) bond motifs is 1. The number of pyridine rings is 1. The van der Waals surface area contributed by atoms with Gasteiger partial charge in [0.05, 0.1) is 16.2 Å². The monoisotopic (exact) mass is 439 g/mol. The van der Waals surface area contributed by atoms with Crippen molar-refractivity contribution in [2.45, 2.75) is 6.54 Å². The molecule has 6 heteroatoms. The number of nitrogens with one attached hydrogen (secondary N) is 1. The van der Waals surface area contributed by atoms with Crippen LogP contribution in [0.3, 0.4) is 0 Å². The number of halogens is 2. The van der Waals surface area contributed by atoms with Crippen LogP contribution in [0, 0.1) is 0 Å². The second kappa shape index (κ2) is 7.55. The van der Waals surface area contributed by atoms with Crippen molar-refractivity contribution in [3.63, 3.8) is 0 Å². The molecule has 1 N–H and O–H groups in total. The van der Waals surface area contributed by atoms with Gasteiger partial charge in [-0.3, -0.25) is 9.78 Å². The number of carbonyl (C=O) groups excluding carboxylic acids is 1. The molecule has 2 aromatic carbocycles. The van der Waals surface area contributed by atoms with Crippen molar-refractivity contribution in [3.05, 3.63) is 93.8 Å². The molecule has 0 bridgehead atoms. The van der Waals surface area contributed by atoms with E-state index in [1.807, 2.05) is 48.9 Å². The summed E-state index contributed by atoms with van der Waals surface area (Å²) in [6, 6.07) is 16.8.